The van der Waals surface area contributed by atoms with Crippen LogP contribution in [0.25, 0.3) is 0 Å². The number of nitrogens with one attached hydrogen (secondary N) is 2. The second-order valence-corrected chi connectivity index (χ2v) is 4.76. The SMILES string of the molecule is O=C(Nc1ccc(Cl)cc1C(F)(F)F)C1CCCN1. The Kier molecular flexibility index (Phi) is 4.01. The van der Waals surface area contributed by atoms with Gasteiger partial charge in [-0.1, -0.05) is 11.6 Å². The van der Waals surface area contributed by atoms with Crippen molar-refractivity contribution in [2.75, 3.05) is 11.9 Å². The van der Waals surface area contributed by atoms with Crippen LogP contribution >= 0.6 is 11.6 Å². The number of hydrogen-bond acceptors (Lipinski definition) is 2. The van der Waals surface area contributed by atoms with E-state index in [1.165, 1.54) is 6.07 Å². The average Bonchev–Trinajstić information content (AvgIpc) is 2.83. The number of hydrogen-bond donors (Lipinski definition) is 2. The lowest BCUT2D eigenvalue weighted by Gasteiger charge is -2.16. The Morgan fingerprint density at radius 2 is 2.16 bits per heavy atom. The second-order valence-electron chi connectivity index (χ2n) is 4.33. The standard InChI is InChI=1S/C12H12ClF3N2O/c13-7-3-4-9(8(6-7)12(14,15)16)18-11(19)10-2-1-5-17-10/h3-4,6,10,17H,1-2,5H2,(H,18,19). The van der Waals surface area contributed by atoms with E-state index in [0.29, 0.717) is 13.0 Å². The van der Waals surface area contributed by atoms with E-state index in [9.17, 15) is 18.0 Å². The van der Waals surface area contributed by atoms with Crippen molar-refractivity contribution in [2.45, 2.75) is 25.1 Å². The predicted molar refractivity (Wildman–Crippen MR) is 66.1 cm³/mol. The molecule has 0 aromatic heterocycles. The van der Waals surface area contributed by atoms with Crippen molar-refractivity contribution in [1.82, 2.24) is 5.32 Å². The highest BCUT2D eigenvalue weighted by Crippen LogP contribution is 2.36. The minimum absolute atomic E-state index is 0.0238. The van der Waals surface area contributed by atoms with Crippen LogP contribution in [0.1, 0.15) is 18.4 Å². The second kappa shape index (κ2) is 5.38. The molecule has 0 radical (unpaired) electrons. The molecule has 0 saturated carbocycles. The fourth-order valence-electron chi connectivity index (χ4n) is 1.99. The van der Waals surface area contributed by atoms with Gasteiger partial charge in [0, 0.05) is 5.02 Å². The minimum Gasteiger partial charge on any atom is -0.324 e. The first-order valence-corrected chi connectivity index (χ1v) is 6.17. The molecular formula is C12H12ClF3N2O. The molecule has 1 atom stereocenters. The lowest BCUT2D eigenvalue weighted by atomic mass is 10.1. The van der Waals surface area contributed by atoms with Gasteiger partial charge in [0.2, 0.25) is 5.91 Å². The van der Waals surface area contributed by atoms with E-state index in [1.807, 2.05) is 0 Å². The van der Waals surface area contributed by atoms with E-state index in [0.717, 1.165) is 18.6 Å². The number of rotatable bonds is 2. The third-order valence-corrected chi connectivity index (χ3v) is 3.16. The van der Waals surface area contributed by atoms with Gasteiger partial charge >= 0.3 is 6.18 Å². The lowest BCUT2D eigenvalue weighted by Crippen LogP contribution is -2.36. The number of carbonyl (C=O) groups is 1. The third kappa shape index (κ3) is 3.39. The summed E-state index contributed by atoms with van der Waals surface area (Å²) in [4.78, 5) is 11.8. The molecule has 1 amide bonds. The summed E-state index contributed by atoms with van der Waals surface area (Å²) in [6, 6.07) is 2.85. The van der Waals surface area contributed by atoms with Gasteiger partial charge in [-0.3, -0.25) is 4.79 Å². The topological polar surface area (TPSA) is 41.1 Å². The molecule has 1 saturated heterocycles. The van der Waals surface area contributed by atoms with Crippen molar-refractivity contribution in [3.63, 3.8) is 0 Å². The zero-order chi connectivity index (χ0) is 14.0. The monoisotopic (exact) mass is 292 g/mol. The van der Waals surface area contributed by atoms with Gasteiger partial charge in [0.15, 0.2) is 0 Å². The zero-order valence-corrected chi connectivity index (χ0v) is 10.6. The number of halogens is 4. The van der Waals surface area contributed by atoms with Crippen LogP contribution in [0.3, 0.4) is 0 Å². The normalized spacial score (nSPS) is 19.5. The van der Waals surface area contributed by atoms with Crippen molar-refractivity contribution in [3.8, 4) is 0 Å². The van der Waals surface area contributed by atoms with Crippen molar-refractivity contribution < 1.29 is 18.0 Å². The van der Waals surface area contributed by atoms with Gasteiger partial charge in [0.25, 0.3) is 0 Å². The first-order valence-electron chi connectivity index (χ1n) is 5.79. The molecule has 0 bridgehead atoms. The fourth-order valence-corrected chi connectivity index (χ4v) is 2.16. The van der Waals surface area contributed by atoms with Crippen LogP contribution in [-0.4, -0.2) is 18.5 Å². The summed E-state index contributed by atoms with van der Waals surface area (Å²) < 4.78 is 38.5. The summed E-state index contributed by atoms with van der Waals surface area (Å²) in [5, 5.41) is 5.21. The van der Waals surface area contributed by atoms with Crippen LogP contribution in [-0.2, 0) is 11.0 Å². The Morgan fingerprint density at radius 3 is 2.74 bits per heavy atom. The quantitative estimate of drug-likeness (QED) is 0.879. The first-order chi connectivity index (χ1) is 8.88. The van der Waals surface area contributed by atoms with Gasteiger partial charge in [-0.2, -0.15) is 13.2 Å². The van der Waals surface area contributed by atoms with Gasteiger partial charge in [0.1, 0.15) is 0 Å². The maximum absolute atomic E-state index is 12.8. The molecule has 104 valence electrons. The summed E-state index contributed by atoms with van der Waals surface area (Å²) in [6.45, 7) is 0.699. The summed E-state index contributed by atoms with van der Waals surface area (Å²) in [6.07, 6.45) is -3.10. The lowest BCUT2D eigenvalue weighted by molar-refractivity contribution is -0.137. The molecule has 1 aromatic carbocycles. The van der Waals surface area contributed by atoms with Crippen LogP contribution in [0.4, 0.5) is 18.9 Å². The van der Waals surface area contributed by atoms with E-state index >= 15 is 0 Å². The first kappa shape index (κ1) is 14.1. The number of amides is 1. The summed E-state index contributed by atoms with van der Waals surface area (Å²) >= 11 is 5.56. The Labute approximate surface area is 113 Å². The van der Waals surface area contributed by atoms with E-state index in [1.54, 1.807) is 0 Å². The largest absolute Gasteiger partial charge is 0.418 e. The van der Waals surface area contributed by atoms with Crippen LogP contribution in [0.5, 0.6) is 0 Å². The summed E-state index contributed by atoms with van der Waals surface area (Å²) in [5.41, 5.74) is -1.21. The summed E-state index contributed by atoms with van der Waals surface area (Å²) in [5.74, 6) is -0.453. The number of alkyl halides is 3. The average molecular weight is 293 g/mol. The van der Waals surface area contributed by atoms with Crippen molar-refractivity contribution >= 4 is 23.2 Å². The molecule has 1 heterocycles. The third-order valence-electron chi connectivity index (χ3n) is 2.92. The van der Waals surface area contributed by atoms with Gasteiger partial charge in [-0.05, 0) is 37.6 Å². The van der Waals surface area contributed by atoms with Crippen LogP contribution in [0.2, 0.25) is 5.02 Å². The predicted octanol–water partition coefficient (Wildman–Crippen LogP) is 3.05. The van der Waals surface area contributed by atoms with Gasteiger partial charge < -0.3 is 10.6 Å². The highest BCUT2D eigenvalue weighted by atomic mass is 35.5. The maximum atomic E-state index is 12.8. The smallest absolute Gasteiger partial charge is 0.324 e. The van der Waals surface area contributed by atoms with Crippen molar-refractivity contribution in [3.05, 3.63) is 28.8 Å². The van der Waals surface area contributed by atoms with Crippen LogP contribution in [0.15, 0.2) is 18.2 Å². The molecule has 1 unspecified atom stereocenters. The molecule has 1 aliphatic rings. The number of anilines is 1. The molecule has 2 rings (SSSR count). The number of benzene rings is 1. The highest BCUT2D eigenvalue weighted by molar-refractivity contribution is 6.30. The van der Waals surface area contributed by atoms with Gasteiger partial charge in [0.05, 0.1) is 17.3 Å². The maximum Gasteiger partial charge on any atom is 0.418 e. The molecule has 0 aliphatic carbocycles. The molecule has 0 spiro atoms. The van der Waals surface area contributed by atoms with E-state index < -0.39 is 23.7 Å². The Bertz CT molecular complexity index is 484. The number of carbonyl (C=O) groups excluding carboxylic acids is 1. The van der Waals surface area contributed by atoms with Crippen molar-refractivity contribution in [2.24, 2.45) is 0 Å². The molecule has 1 fully saturated rings. The van der Waals surface area contributed by atoms with Crippen LogP contribution < -0.4 is 10.6 Å². The van der Waals surface area contributed by atoms with Crippen molar-refractivity contribution in [1.29, 1.82) is 0 Å². The molecular weight excluding hydrogens is 281 g/mol. The summed E-state index contributed by atoms with van der Waals surface area (Å²) in [7, 11) is 0. The molecule has 3 nitrogen and oxygen atoms in total. The fraction of sp³-hybridized carbons (Fsp3) is 0.417. The van der Waals surface area contributed by atoms with E-state index in [2.05, 4.69) is 10.6 Å². The Hall–Kier alpha value is -1.27. The minimum atomic E-state index is -4.56. The van der Waals surface area contributed by atoms with E-state index in [4.69, 9.17) is 11.6 Å². The van der Waals surface area contributed by atoms with E-state index in [-0.39, 0.29) is 10.7 Å². The van der Waals surface area contributed by atoms with Crippen LogP contribution in [0, 0.1) is 0 Å². The van der Waals surface area contributed by atoms with Gasteiger partial charge in [-0.25, -0.2) is 0 Å². The highest BCUT2D eigenvalue weighted by Gasteiger charge is 2.35. The van der Waals surface area contributed by atoms with Gasteiger partial charge in [-0.15, -0.1) is 0 Å². The molecule has 19 heavy (non-hydrogen) atoms. The molecule has 1 aromatic rings. The zero-order valence-electron chi connectivity index (χ0n) is 9.85. The molecule has 1 aliphatic heterocycles. The molecule has 2 N–H and O–H groups in total. The Balaban J connectivity index is 2.22. The molecule has 7 heteroatoms. The Morgan fingerprint density at radius 1 is 1.42 bits per heavy atom.